The molecular formula is C13H13NO. The lowest BCUT2D eigenvalue weighted by Crippen LogP contribution is -1.94. The monoisotopic (exact) mass is 199 g/mol. The average Bonchev–Trinajstić information content (AvgIpc) is 2.16. The molecule has 0 atom stereocenters. The fourth-order valence-corrected chi connectivity index (χ4v) is 1.78. The number of carbonyl (C=O) groups excluding carboxylic acids is 1. The number of aromatic nitrogens is 1. The highest BCUT2D eigenvalue weighted by Crippen LogP contribution is 2.19. The lowest BCUT2D eigenvalue weighted by Gasteiger charge is -2.04. The van der Waals surface area contributed by atoms with Gasteiger partial charge in [0, 0.05) is 16.6 Å². The van der Waals surface area contributed by atoms with Crippen LogP contribution in [0.2, 0.25) is 0 Å². The second kappa shape index (κ2) is 3.46. The summed E-state index contributed by atoms with van der Waals surface area (Å²) < 4.78 is 0. The second-order valence-electron chi connectivity index (χ2n) is 3.87. The minimum atomic E-state index is 0.0943. The van der Waals surface area contributed by atoms with Gasteiger partial charge in [-0.15, -0.1) is 0 Å². The Hall–Kier alpha value is -1.70. The molecule has 1 heterocycles. The SMILES string of the molecule is CC(=O)c1ccc2nc(C)cc(C)c2c1. The molecule has 0 amide bonds. The van der Waals surface area contributed by atoms with Gasteiger partial charge in [0.2, 0.25) is 0 Å². The van der Waals surface area contributed by atoms with E-state index in [4.69, 9.17) is 0 Å². The van der Waals surface area contributed by atoms with E-state index in [1.54, 1.807) is 6.92 Å². The van der Waals surface area contributed by atoms with Gasteiger partial charge in [0.1, 0.15) is 0 Å². The van der Waals surface area contributed by atoms with Crippen LogP contribution in [-0.2, 0) is 0 Å². The van der Waals surface area contributed by atoms with Crippen LogP contribution >= 0.6 is 0 Å². The van der Waals surface area contributed by atoms with Crippen LogP contribution in [0.5, 0.6) is 0 Å². The highest BCUT2D eigenvalue weighted by atomic mass is 16.1. The number of ketones is 1. The molecule has 0 fully saturated rings. The Kier molecular flexibility index (Phi) is 2.27. The van der Waals surface area contributed by atoms with Gasteiger partial charge in [-0.2, -0.15) is 0 Å². The minimum Gasteiger partial charge on any atom is -0.295 e. The molecule has 2 nitrogen and oxygen atoms in total. The molecule has 0 unspecified atom stereocenters. The highest BCUT2D eigenvalue weighted by molar-refractivity contribution is 5.98. The van der Waals surface area contributed by atoms with Crippen LogP contribution in [0, 0.1) is 13.8 Å². The molecule has 15 heavy (non-hydrogen) atoms. The second-order valence-corrected chi connectivity index (χ2v) is 3.87. The number of aryl methyl sites for hydroxylation is 2. The van der Waals surface area contributed by atoms with E-state index in [1.807, 2.05) is 38.1 Å². The third kappa shape index (κ3) is 1.75. The van der Waals surface area contributed by atoms with Crippen molar-refractivity contribution in [2.24, 2.45) is 0 Å². The van der Waals surface area contributed by atoms with Crippen molar-refractivity contribution in [3.8, 4) is 0 Å². The first kappa shape index (κ1) is 9.84. The van der Waals surface area contributed by atoms with Gasteiger partial charge in [-0.1, -0.05) is 0 Å². The molecule has 0 aliphatic carbocycles. The molecule has 2 heteroatoms. The summed E-state index contributed by atoms with van der Waals surface area (Å²) in [7, 11) is 0. The van der Waals surface area contributed by atoms with Crippen LogP contribution in [0.25, 0.3) is 10.9 Å². The zero-order chi connectivity index (χ0) is 11.0. The average molecular weight is 199 g/mol. The first-order chi connectivity index (χ1) is 7.08. The number of nitrogens with zero attached hydrogens (tertiary/aromatic N) is 1. The summed E-state index contributed by atoms with van der Waals surface area (Å²) in [5.41, 5.74) is 3.88. The molecular weight excluding hydrogens is 186 g/mol. The summed E-state index contributed by atoms with van der Waals surface area (Å²) in [6, 6.07) is 7.69. The van der Waals surface area contributed by atoms with Crippen molar-refractivity contribution in [2.75, 3.05) is 0 Å². The number of rotatable bonds is 1. The molecule has 0 radical (unpaired) electrons. The number of hydrogen-bond acceptors (Lipinski definition) is 2. The van der Waals surface area contributed by atoms with Crippen molar-refractivity contribution in [1.82, 2.24) is 4.98 Å². The zero-order valence-electron chi connectivity index (χ0n) is 9.16. The molecule has 0 saturated heterocycles. The third-order valence-electron chi connectivity index (χ3n) is 2.55. The van der Waals surface area contributed by atoms with Crippen LogP contribution in [0.1, 0.15) is 28.5 Å². The van der Waals surface area contributed by atoms with E-state index >= 15 is 0 Å². The number of fused-ring (bicyclic) bond motifs is 1. The van der Waals surface area contributed by atoms with Gasteiger partial charge in [-0.25, -0.2) is 0 Å². The number of pyridine rings is 1. The third-order valence-corrected chi connectivity index (χ3v) is 2.55. The molecule has 1 aromatic heterocycles. The fraction of sp³-hybridized carbons (Fsp3) is 0.231. The summed E-state index contributed by atoms with van der Waals surface area (Å²) in [5, 5.41) is 1.06. The summed E-state index contributed by atoms with van der Waals surface area (Å²) in [4.78, 5) is 15.7. The van der Waals surface area contributed by atoms with Gasteiger partial charge < -0.3 is 0 Å². The Morgan fingerprint density at radius 2 is 1.93 bits per heavy atom. The lowest BCUT2D eigenvalue weighted by molar-refractivity contribution is 0.101. The molecule has 2 aromatic rings. The van der Waals surface area contributed by atoms with Crippen molar-refractivity contribution in [2.45, 2.75) is 20.8 Å². The van der Waals surface area contributed by atoms with E-state index in [0.29, 0.717) is 0 Å². The van der Waals surface area contributed by atoms with E-state index in [1.165, 1.54) is 5.56 Å². The number of Topliss-reactive ketones (excluding diaryl/α,β-unsaturated/α-hetero) is 1. The Balaban J connectivity index is 2.76. The summed E-state index contributed by atoms with van der Waals surface area (Å²) in [5.74, 6) is 0.0943. The van der Waals surface area contributed by atoms with Crippen LogP contribution in [0.15, 0.2) is 24.3 Å². The van der Waals surface area contributed by atoms with Crippen molar-refractivity contribution < 1.29 is 4.79 Å². The topological polar surface area (TPSA) is 30.0 Å². The maximum absolute atomic E-state index is 11.2. The Labute approximate surface area is 89.0 Å². The zero-order valence-corrected chi connectivity index (χ0v) is 9.16. The summed E-state index contributed by atoms with van der Waals surface area (Å²) in [6.07, 6.45) is 0. The quantitative estimate of drug-likeness (QED) is 0.661. The lowest BCUT2D eigenvalue weighted by atomic mass is 10.0. The van der Waals surface area contributed by atoms with E-state index in [0.717, 1.165) is 22.2 Å². The first-order valence-electron chi connectivity index (χ1n) is 4.97. The van der Waals surface area contributed by atoms with E-state index in [2.05, 4.69) is 4.98 Å². The van der Waals surface area contributed by atoms with E-state index < -0.39 is 0 Å². The molecule has 0 bridgehead atoms. The highest BCUT2D eigenvalue weighted by Gasteiger charge is 2.04. The van der Waals surface area contributed by atoms with Crippen molar-refractivity contribution in [3.05, 3.63) is 41.1 Å². The Morgan fingerprint density at radius 3 is 2.60 bits per heavy atom. The largest absolute Gasteiger partial charge is 0.295 e. The minimum absolute atomic E-state index is 0.0943. The summed E-state index contributed by atoms with van der Waals surface area (Å²) in [6.45, 7) is 5.60. The van der Waals surface area contributed by atoms with Gasteiger partial charge in [0.25, 0.3) is 0 Å². The number of benzene rings is 1. The smallest absolute Gasteiger partial charge is 0.159 e. The maximum Gasteiger partial charge on any atom is 0.159 e. The normalized spacial score (nSPS) is 10.6. The molecule has 1 aromatic carbocycles. The first-order valence-corrected chi connectivity index (χ1v) is 4.97. The Morgan fingerprint density at radius 1 is 1.20 bits per heavy atom. The molecule has 0 spiro atoms. The van der Waals surface area contributed by atoms with Gasteiger partial charge in [0.15, 0.2) is 5.78 Å². The number of carbonyl (C=O) groups is 1. The van der Waals surface area contributed by atoms with Crippen molar-refractivity contribution in [3.63, 3.8) is 0 Å². The molecule has 0 saturated carbocycles. The predicted octanol–water partition coefficient (Wildman–Crippen LogP) is 3.05. The maximum atomic E-state index is 11.2. The molecule has 0 N–H and O–H groups in total. The Bertz CT molecular complexity index is 543. The molecule has 0 aliphatic heterocycles. The van der Waals surface area contributed by atoms with Crippen molar-refractivity contribution in [1.29, 1.82) is 0 Å². The molecule has 76 valence electrons. The van der Waals surface area contributed by atoms with Crippen LogP contribution in [-0.4, -0.2) is 10.8 Å². The van der Waals surface area contributed by atoms with E-state index in [9.17, 15) is 4.79 Å². The fourth-order valence-electron chi connectivity index (χ4n) is 1.78. The van der Waals surface area contributed by atoms with Gasteiger partial charge in [0.05, 0.1) is 5.52 Å². The van der Waals surface area contributed by atoms with Crippen LogP contribution in [0.3, 0.4) is 0 Å². The standard InChI is InChI=1S/C13H13NO/c1-8-6-9(2)14-13-5-4-11(10(3)15)7-12(8)13/h4-7H,1-3H3. The predicted molar refractivity (Wildman–Crippen MR) is 61.2 cm³/mol. The number of hydrogen-bond donors (Lipinski definition) is 0. The van der Waals surface area contributed by atoms with Crippen LogP contribution in [0.4, 0.5) is 0 Å². The van der Waals surface area contributed by atoms with Crippen LogP contribution < -0.4 is 0 Å². The van der Waals surface area contributed by atoms with Gasteiger partial charge >= 0.3 is 0 Å². The van der Waals surface area contributed by atoms with E-state index in [-0.39, 0.29) is 5.78 Å². The molecule has 0 aliphatic rings. The van der Waals surface area contributed by atoms with Crippen molar-refractivity contribution >= 4 is 16.7 Å². The van der Waals surface area contributed by atoms with Gasteiger partial charge in [-0.05, 0) is 50.6 Å². The summed E-state index contributed by atoms with van der Waals surface area (Å²) >= 11 is 0. The molecule has 2 rings (SSSR count). The van der Waals surface area contributed by atoms with Gasteiger partial charge in [-0.3, -0.25) is 9.78 Å².